The van der Waals surface area contributed by atoms with Crippen LogP contribution in [0.2, 0.25) is 0 Å². The van der Waals surface area contributed by atoms with Crippen LogP contribution in [0, 0.1) is 5.41 Å². The smallest absolute Gasteiger partial charge is 0.253 e. The predicted octanol–water partition coefficient (Wildman–Crippen LogP) is 3.21. The van der Waals surface area contributed by atoms with Crippen molar-refractivity contribution in [3.05, 3.63) is 29.8 Å². The summed E-state index contributed by atoms with van der Waals surface area (Å²) < 4.78 is 0. The van der Waals surface area contributed by atoms with Gasteiger partial charge in [-0.25, -0.2) is 0 Å². The minimum atomic E-state index is -0.0884. The summed E-state index contributed by atoms with van der Waals surface area (Å²) in [6, 6.07) is 7.31. The third-order valence-electron chi connectivity index (χ3n) is 2.91. The summed E-state index contributed by atoms with van der Waals surface area (Å²) in [5.74, 6) is -0.0884. The van der Waals surface area contributed by atoms with Crippen LogP contribution in [0.4, 0.5) is 5.69 Å². The average Bonchev–Trinajstić information content (AvgIpc) is 2.26. The number of hydrogen-bond acceptors (Lipinski definition) is 2. The second kappa shape index (κ2) is 5.89. The Kier molecular flexibility index (Phi) is 4.76. The van der Waals surface area contributed by atoms with E-state index in [1.165, 1.54) is 0 Å². The molecule has 0 radical (unpaired) electrons. The summed E-state index contributed by atoms with van der Waals surface area (Å²) in [5, 5.41) is 2.99. The maximum absolute atomic E-state index is 12.0. The van der Waals surface area contributed by atoms with Crippen molar-refractivity contribution in [2.75, 3.05) is 5.73 Å². The minimum Gasteiger partial charge on any atom is -0.398 e. The van der Waals surface area contributed by atoms with Crippen LogP contribution in [0.15, 0.2) is 24.3 Å². The van der Waals surface area contributed by atoms with Gasteiger partial charge in [-0.2, -0.15) is 0 Å². The summed E-state index contributed by atoms with van der Waals surface area (Å²) in [5.41, 5.74) is 7.16. The summed E-state index contributed by atoms with van der Waals surface area (Å²) in [4.78, 5) is 12.0. The number of nitrogens with two attached hydrogens (primary N) is 1. The van der Waals surface area contributed by atoms with Gasteiger partial charge in [-0.3, -0.25) is 4.79 Å². The molecule has 0 aliphatic carbocycles. The first kappa shape index (κ1) is 14.6. The van der Waals surface area contributed by atoms with E-state index in [4.69, 9.17) is 5.73 Å². The second-order valence-corrected chi connectivity index (χ2v) is 6.06. The number of amides is 1. The minimum absolute atomic E-state index is 0.0884. The molecule has 1 amide bonds. The van der Waals surface area contributed by atoms with Crippen molar-refractivity contribution >= 4 is 11.6 Å². The number of hydrogen-bond donors (Lipinski definition) is 2. The summed E-state index contributed by atoms with van der Waals surface area (Å²) in [6.07, 6.45) is 2.06. The number of rotatable bonds is 4. The fourth-order valence-electron chi connectivity index (χ4n) is 1.73. The molecule has 1 unspecified atom stereocenters. The zero-order valence-corrected chi connectivity index (χ0v) is 11.8. The molecule has 1 aromatic carbocycles. The van der Waals surface area contributed by atoms with E-state index in [0.29, 0.717) is 16.7 Å². The van der Waals surface area contributed by atoms with E-state index in [1.54, 1.807) is 12.1 Å². The fraction of sp³-hybridized carbons (Fsp3) is 0.533. The van der Waals surface area contributed by atoms with Gasteiger partial charge in [-0.05, 0) is 37.3 Å². The largest absolute Gasteiger partial charge is 0.398 e. The highest BCUT2D eigenvalue weighted by Gasteiger charge is 2.15. The number of benzene rings is 1. The van der Waals surface area contributed by atoms with Crippen LogP contribution in [-0.2, 0) is 0 Å². The molecule has 0 aromatic heterocycles. The number of carbonyl (C=O) groups excluding carboxylic acids is 1. The van der Waals surface area contributed by atoms with E-state index in [1.807, 2.05) is 19.1 Å². The Bertz CT molecular complexity index is 407. The zero-order chi connectivity index (χ0) is 13.8. The van der Waals surface area contributed by atoms with Crippen LogP contribution >= 0.6 is 0 Å². The van der Waals surface area contributed by atoms with Crippen LogP contribution in [0.25, 0.3) is 0 Å². The Labute approximate surface area is 110 Å². The van der Waals surface area contributed by atoms with Gasteiger partial charge in [0.1, 0.15) is 0 Å². The molecule has 0 saturated carbocycles. The lowest BCUT2D eigenvalue weighted by atomic mass is 9.89. The van der Waals surface area contributed by atoms with E-state index >= 15 is 0 Å². The molecule has 3 N–H and O–H groups in total. The van der Waals surface area contributed by atoms with Gasteiger partial charge in [0.25, 0.3) is 5.91 Å². The first-order valence-electron chi connectivity index (χ1n) is 6.45. The van der Waals surface area contributed by atoms with Crippen molar-refractivity contribution in [1.82, 2.24) is 5.32 Å². The van der Waals surface area contributed by atoms with Gasteiger partial charge in [0.05, 0.1) is 5.56 Å². The molecule has 0 fully saturated rings. The predicted molar refractivity (Wildman–Crippen MR) is 76.5 cm³/mol. The molecule has 0 aliphatic heterocycles. The molecular weight excluding hydrogens is 224 g/mol. The molecular formula is C15H24N2O. The molecule has 18 heavy (non-hydrogen) atoms. The van der Waals surface area contributed by atoms with Crippen LogP contribution < -0.4 is 11.1 Å². The van der Waals surface area contributed by atoms with Crippen LogP contribution in [0.3, 0.4) is 0 Å². The summed E-state index contributed by atoms with van der Waals surface area (Å²) >= 11 is 0. The first-order valence-corrected chi connectivity index (χ1v) is 6.45. The van der Waals surface area contributed by atoms with Gasteiger partial charge in [0.15, 0.2) is 0 Å². The summed E-state index contributed by atoms with van der Waals surface area (Å²) in [6.45, 7) is 8.65. The van der Waals surface area contributed by atoms with Gasteiger partial charge in [0.2, 0.25) is 0 Å². The van der Waals surface area contributed by atoms with Crippen molar-refractivity contribution in [3.63, 3.8) is 0 Å². The molecule has 0 aliphatic rings. The topological polar surface area (TPSA) is 55.1 Å². The molecule has 100 valence electrons. The Hall–Kier alpha value is -1.51. The maximum Gasteiger partial charge on any atom is 0.253 e. The molecule has 3 nitrogen and oxygen atoms in total. The van der Waals surface area contributed by atoms with Crippen molar-refractivity contribution in [1.29, 1.82) is 0 Å². The molecule has 3 heteroatoms. The van der Waals surface area contributed by atoms with Crippen molar-refractivity contribution in [2.24, 2.45) is 5.41 Å². The standard InChI is InChI=1S/C15H24N2O/c1-11(9-10-15(2,3)4)17-14(18)12-7-5-6-8-13(12)16/h5-8,11H,9-10,16H2,1-4H3,(H,17,18). The molecule has 0 saturated heterocycles. The van der Waals surface area contributed by atoms with E-state index in [-0.39, 0.29) is 11.9 Å². The normalized spacial score (nSPS) is 13.1. The van der Waals surface area contributed by atoms with Gasteiger partial charge >= 0.3 is 0 Å². The van der Waals surface area contributed by atoms with Crippen LogP contribution in [0.5, 0.6) is 0 Å². The third-order valence-corrected chi connectivity index (χ3v) is 2.91. The van der Waals surface area contributed by atoms with E-state index < -0.39 is 0 Å². The monoisotopic (exact) mass is 248 g/mol. The lowest BCUT2D eigenvalue weighted by molar-refractivity contribution is 0.0936. The van der Waals surface area contributed by atoms with E-state index in [9.17, 15) is 4.79 Å². The Morgan fingerprint density at radius 2 is 1.94 bits per heavy atom. The number of para-hydroxylation sites is 1. The molecule has 0 heterocycles. The van der Waals surface area contributed by atoms with Crippen molar-refractivity contribution in [3.8, 4) is 0 Å². The van der Waals surface area contributed by atoms with Crippen LogP contribution in [-0.4, -0.2) is 11.9 Å². The van der Waals surface area contributed by atoms with Crippen LogP contribution in [0.1, 0.15) is 50.9 Å². The lowest BCUT2D eigenvalue weighted by Crippen LogP contribution is -2.33. The molecule has 0 spiro atoms. The molecule has 1 aromatic rings. The second-order valence-electron chi connectivity index (χ2n) is 6.06. The number of anilines is 1. The quantitative estimate of drug-likeness (QED) is 0.804. The Morgan fingerprint density at radius 1 is 1.33 bits per heavy atom. The van der Waals surface area contributed by atoms with E-state index in [0.717, 1.165) is 12.8 Å². The molecule has 1 rings (SSSR count). The Balaban J connectivity index is 2.53. The lowest BCUT2D eigenvalue weighted by Gasteiger charge is -2.21. The van der Waals surface area contributed by atoms with Gasteiger partial charge in [-0.15, -0.1) is 0 Å². The number of nitrogen functional groups attached to an aromatic ring is 1. The van der Waals surface area contributed by atoms with E-state index in [2.05, 4.69) is 26.1 Å². The third kappa shape index (κ3) is 4.78. The van der Waals surface area contributed by atoms with Crippen molar-refractivity contribution < 1.29 is 4.79 Å². The number of nitrogens with one attached hydrogen (secondary N) is 1. The van der Waals surface area contributed by atoms with Crippen molar-refractivity contribution in [2.45, 2.75) is 46.6 Å². The number of carbonyl (C=O) groups is 1. The fourth-order valence-corrected chi connectivity index (χ4v) is 1.73. The van der Waals surface area contributed by atoms with Gasteiger partial charge in [0, 0.05) is 11.7 Å². The highest BCUT2D eigenvalue weighted by Crippen LogP contribution is 2.21. The summed E-state index contributed by atoms with van der Waals surface area (Å²) in [7, 11) is 0. The molecule has 1 atom stereocenters. The van der Waals surface area contributed by atoms with Gasteiger partial charge in [-0.1, -0.05) is 32.9 Å². The molecule has 0 bridgehead atoms. The van der Waals surface area contributed by atoms with Gasteiger partial charge < -0.3 is 11.1 Å². The maximum atomic E-state index is 12.0. The average molecular weight is 248 g/mol. The first-order chi connectivity index (χ1) is 8.29. The Morgan fingerprint density at radius 3 is 2.50 bits per heavy atom. The SMILES string of the molecule is CC(CCC(C)(C)C)NC(=O)c1ccccc1N. The highest BCUT2D eigenvalue weighted by atomic mass is 16.1. The highest BCUT2D eigenvalue weighted by molar-refractivity contribution is 5.99. The zero-order valence-electron chi connectivity index (χ0n) is 11.8.